The second-order valence-electron chi connectivity index (χ2n) is 9.68. The lowest BCUT2D eigenvalue weighted by atomic mass is 9.83. The fraction of sp³-hybridized carbons (Fsp3) is 0.440. The van der Waals surface area contributed by atoms with E-state index in [-0.39, 0.29) is 47.4 Å². The van der Waals surface area contributed by atoms with Crippen molar-refractivity contribution in [1.82, 2.24) is 9.21 Å². The van der Waals surface area contributed by atoms with Crippen molar-refractivity contribution in [3.63, 3.8) is 0 Å². The maximum absolute atomic E-state index is 13.3. The number of hydrogen-bond donors (Lipinski definition) is 2. The van der Waals surface area contributed by atoms with E-state index in [1.54, 1.807) is 17.0 Å². The summed E-state index contributed by atoms with van der Waals surface area (Å²) in [5, 5.41) is 19.4. The number of carbonyl (C=O) groups excluding carboxylic acids is 1. The van der Waals surface area contributed by atoms with Gasteiger partial charge in [-0.3, -0.25) is 10.2 Å². The molecule has 0 bridgehead atoms. The summed E-state index contributed by atoms with van der Waals surface area (Å²) in [6.45, 7) is 8.58. The first-order valence-electron chi connectivity index (χ1n) is 11.1. The lowest BCUT2D eigenvalue weighted by molar-refractivity contribution is 0.0962. The SMILES string of the molecule is Br.CCOc1ccc2c(c1)CN(CC(=O)c1cc(CN(C)S(C)(=O)=O)c(O)c(C(C)(C)C)c1)C2=N. The first kappa shape index (κ1) is 28.8. The molecule has 1 heterocycles. The first-order valence-corrected chi connectivity index (χ1v) is 13.0. The molecule has 0 spiro atoms. The Hall–Kier alpha value is -2.43. The number of hydrogen-bond acceptors (Lipinski definition) is 6. The number of phenols is 1. The number of aromatic hydroxyl groups is 1. The quantitative estimate of drug-likeness (QED) is 0.465. The number of halogens is 1. The Balaban J connectivity index is 0.00000432. The molecule has 3 rings (SSSR count). The summed E-state index contributed by atoms with van der Waals surface area (Å²) in [5.41, 5.74) is 2.54. The normalized spacial score (nSPS) is 13.6. The van der Waals surface area contributed by atoms with Crippen LogP contribution in [0.15, 0.2) is 30.3 Å². The van der Waals surface area contributed by atoms with E-state index in [1.807, 2.05) is 45.9 Å². The predicted octanol–water partition coefficient (Wildman–Crippen LogP) is 4.08. The molecule has 0 saturated heterocycles. The average Bonchev–Trinajstić information content (AvgIpc) is 3.02. The van der Waals surface area contributed by atoms with E-state index in [2.05, 4.69) is 0 Å². The van der Waals surface area contributed by atoms with Crippen LogP contribution in [0, 0.1) is 5.41 Å². The van der Waals surface area contributed by atoms with Crippen molar-refractivity contribution in [2.45, 2.75) is 46.2 Å². The number of rotatable bonds is 8. The highest BCUT2D eigenvalue weighted by Gasteiger charge is 2.29. The van der Waals surface area contributed by atoms with E-state index in [0.29, 0.717) is 29.8 Å². The Morgan fingerprint density at radius 3 is 2.46 bits per heavy atom. The summed E-state index contributed by atoms with van der Waals surface area (Å²) in [6, 6.07) is 8.78. The number of carbonyl (C=O) groups is 1. The number of amidine groups is 1. The first-order chi connectivity index (χ1) is 15.7. The molecule has 2 aromatic rings. The molecule has 0 atom stereocenters. The van der Waals surface area contributed by atoms with Gasteiger partial charge in [0.25, 0.3) is 0 Å². The highest BCUT2D eigenvalue weighted by molar-refractivity contribution is 8.93. The number of Topliss-reactive ketones (excluding diaryl/α,β-unsaturated/α-hetero) is 1. The Kier molecular flexibility index (Phi) is 8.79. The zero-order chi connectivity index (χ0) is 25.4. The molecule has 192 valence electrons. The number of nitrogens with zero attached hydrogens (tertiary/aromatic N) is 2. The summed E-state index contributed by atoms with van der Waals surface area (Å²) >= 11 is 0. The Morgan fingerprint density at radius 2 is 1.89 bits per heavy atom. The molecule has 0 fully saturated rings. The fourth-order valence-electron chi connectivity index (χ4n) is 3.95. The summed E-state index contributed by atoms with van der Waals surface area (Å²) in [5.74, 6) is 0.786. The van der Waals surface area contributed by atoms with Crippen molar-refractivity contribution in [2.24, 2.45) is 0 Å². The largest absolute Gasteiger partial charge is 0.507 e. The second-order valence-corrected chi connectivity index (χ2v) is 11.8. The molecule has 1 aliphatic rings. The second kappa shape index (κ2) is 10.7. The van der Waals surface area contributed by atoms with Crippen LogP contribution in [0.5, 0.6) is 11.5 Å². The van der Waals surface area contributed by atoms with E-state index in [0.717, 1.165) is 27.4 Å². The number of ether oxygens (including phenoxy) is 1. The van der Waals surface area contributed by atoms with Gasteiger partial charge in [0.15, 0.2) is 5.78 Å². The van der Waals surface area contributed by atoms with Crippen LogP contribution in [0.25, 0.3) is 0 Å². The van der Waals surface area contributed by atoms with Crippen LogP contribution in [0.1, 0.15) is 60.3 Å². The standard InChI is InChI=1S/C25H33N3O5S.BrH/c1-7-33-19-8-9-20-17(11-19)14-28(24(20)26)15-22(29)16-10-18(13-27(5)34(6,31)32)23(30)21(12-16)25(2,3)4;/h8-12,26,30H,7,13-15H2,1-6H3;1H. The van der Waals surface area contributed by atoms with Gasteiger partial charge in [0.05, 0.1) is 19.4 Å². The molecule has 0 saturated carbocycles. The number of benzene rings is 2. The number of fused-ring (bicyclic) bond motifs is 1. The number of phenolic OH excluding ortho intramolecular Hbond substituents is 1. The van der Waals surface area contributed by atoms with Crippen LogP contribution in [-0.4, -0.2) is 60.8 Å². The van der Waals surface area contributed by atoms with Crippen LogP contribution < -0.4 is 4.74 Å². The molecule has 2 aromatic carbocycles. The molecule has 35 heavy (non-hydrogen) atoms. The fourth-order valence-corrected chi connectivity index (χ4v) is 4.32. The molecule has 0 aromatic heterocycles. The Labute approximate surface area is 218 Å². The zero-order valence-electron chi connectivity index (χ0n) is 21.0. The van der Waals surface area contributed by atoms with E-state index in [1.165, 1.54) is 7.05 Å². The molecule has 0 radical (unpaired) electrons. The molecular weight excluding hydrogens is 534 g/mol. The molecule has 0 aliphatic carbocycles. The van der Waals surface area contributed by atoms with Gasteiger partial charge in [-0.15, -0.1) is 17.0 Å². The maximum Gasteiger partial charge on any atom is 0.211 e. The van der Waals surface area contributed by atoms with E-state index >= 15 is 0 Å². The van der Waals surface area contributed by atoms with E-state index < -0.39 is 15.4 Å². The lowest BCUT2D eigenvalue weighted by Gasteiger charge is -2.25. The number of sulfonamides is 1. The van der Waals surface area contributed by atoms with Gasteiger partial charge in [-0.1, -0.05) is 20.8 Å². The topological polar surface area (TPSA) is 111 Å². The number of nitrogens with one attached hydrogen (secondary N) is 1. The van der Waals surface area contributed by atoms with Crippen LogP contribution in [-0.2, 0) is 28.5 Å². The smallest absolute Gasteiger partial charge is 0.211 e. The molecule has 0 unspecified atom stereocenters. The highest BCUT2D eigenvalue weighted by atomic mass is 79.9. The minimum absolute atomic E-state index is 0. The Morgan fingerprint density at radius 1 is 1.23 bits per heavy atom. The van der Waals surface area contributed by atoms with E-state index in [9.17, 15) is 18.3 Å². The van der Waals surface area contributed by atoms with Crippen molar-refractivity contribution in [3.8, 4) is 11.5 Å². The van der Waals surface area contributed by atoms with Gasteiger partial charge in [0, 0.05) is 42.4 Å². The minimum Gasteiger partial charge on any atom is -0.507 e. The van der Waals surface area contributed by atoms with Crippen molar-refractivity contribution < 1.29 is 23.1 Å². The minimum atomic E-state index is -3.47. The average molecular weight is 569 g/mol. The molecule has 1 aliphatic heterocycles. The Bertz CT molecular complexity index is 1240. The van der Waals surface area contributed by atoms with Crippen molar-refractivity contribution in [1.29, 1.82) is 5.41 Å². The number of ketones is 1. The summed E-state index contributed by atoms with van der Waals surface area (Å²) in [6.07, 6.45) is 1.09. The molecular formula is C25H34BrN3O5S. The highest BCUT2D eigenvalue weighted by Crippen LogP contribution is 2.36. The van der Waals surface area contributed by atoms with Gasteiger partial charge < -0.3 is 14.7 Å². The van der Waals surface area contributed by atoms with Gasteiger partial charge >= 0.3 is 0 Å². The van der Waals surface area contributed by atoms with Crippen LogP contribution in [0.4, 0.5) is 0 Å². The van der Waals surface area contributed by atoms with Gasteiger partial charge in [-0.2, -0.15) is 0 Å². The van der Waals surface area contributed by atoms with E-state index in [4.69, 9.17) is 10.1 Å². The third kappa shape index (κ3) is 6.42. The predicted molar refractivity (Wildman–Crippen MR) is 143 cm³/mol. The summed E-state index contributed by atoms with van der Waals surface area (Å²) < 4.78 is 30.5. The van der Waals surface area contributed by atoms with Crippen LogP contribution >= 0.6 is 17.0 Å². The van der Waals surface area contributed by atoms with Gasteiger partial charge in [-0.25, -0.2) is 12.7 Å². The molecule has 8 nitrogen and oxygen atoms in total. The van der Waals surface area contributed by atoms with Crippen LogP contribution in [0.3, 0.4) is 0 Å². The molecule has 0 amide bonds. The van der Waals surface area contributed by atoms with Gasteiger partial charge in [0.2, 0.25) is 10.0 Å². The zero-order valence-corrected chi connectivity index (χ0v) is 23.5. The third-order valence-electron chi connectivity index (χ3n) is 5.93. The van der Waals surface area contributed by atoms with Gasteiger partial charge in [0.1, 0.15) is 17.3 Å². The monoisotopic (exact) mass is 567 g/mol. The third-order valence-corrected chi connectivity index (χ3v) is 7.19. The van der Waals surface area contributed by atoms with Crippen molar-refractivity contribution in [3.05, 3.63) is 58.1 Å². The molecule has 2 N–H and O–H groups in total. The lowest BCUT2D eigenvalue weighted by Crippen LogP contribution is -2.30. The van der Waals surface area contributed by atoms with Crippen molar-refractivity contribution >= 4 is 38.6 Å². The summed E-state index contributed by atoms with van der Waals surface area (Å²) in [7, 11) is -2.04. The van der Waals surface area contributed by atoms with Crippen LogP contribution in [0.2, 0.25) is 0 Å². The molecule has 10 heteroatoms. The van der Waals surface area contributed by atoms with Crippen molar-refractivity contribution in [2.75, 3.05) is 26.5 Å². The maximum atomic E-state index is 13.3. The summed E-state index contributed by atoms with van der Waals surface area (Å²) in [4.78, 5) is 15.0. The van der Waals surface area contributed by atoms with Gasteiger partial charge in [-0.05, 0) is 48.2 Å².